The summed E-state index contributed by atoms with van der Waals surface area (Å²) in [4.78, 5) is 16.4. The lowest BCUT2D eigenvalue weighted by molar-refractivity contribution is -0.0679. The van der Waals surface area contributed by atoms with Gasteiger partial charge in [-0.05, 0) is 37.3 Å². The first-order chi connectivity index (χ1) is 15.1. The monoisotopic (exact) mass is 438 g/mol. The zero-order valence-electron chi connectivity index (χ0n) is 18.2. The van der Waals surface area contributed by atoms with Crippen molar-refractivity contribution in [3.05, 3.63) is 65.2 Å². The molecule has 0 spiro atoms. The highest BCUT2D eigenvalue weighted by Gasteiger charge is 2.22. The predicted octanol–water partition coefficient (Wildman–Crippen LogP) is 3.89. The van der Waals surface area contributed by atoms with Crippen LogP contribution in [0.5, 0.6) is 0 Å². The molecule has 1 saturated heterocycles. The first kappa shape index (κ1) is 21.7. The summed E-state index contributed by atoms with van der Waals surface area (Å²) in [5.74, 6) is -0.0635. The van der Waals surface area contributed by atoms with Crippen molar-refractivity contribution >= 4 is 17.2 Å². The summed E-state index contributed by atoms with van der Waals surface area (Å²) >= 11 is 1.60. The fourth-order valence-electron chi connectivity index (χ4n) is 4.10. The lowest BCUT2D eigenvalue weighted by Crippen LogP contribution is -2.46. The first-order valence-corrected chi connectivity index (χ1v) is 11.8. The van der Waals surface area contributed by atoms with Crippen LogP contribution in [0.4, 0.5) is 0 Å². The number of morpholine rings is 1. The molecule has 2 atom stereocenters. The van der Waals surface area contributed by atoms with Crippen LogP contribution in [-0.4, -0.2) is 59.0 Å². The number of rotatable bonds is 8. The van der Waals surface area contributed by atoms with Crippen molar-refractivity contribution in [1.82, 2.24) is 20.0 Å². The number of hydrogen-bond acceptors (Lipinski definition) is 5. The molecule has 2 unspecified atom stereocenters. The van der Waals surface area contributed by atoms with E-state index in [1.165, 1.54) is 0 Å². The largest absolute Gasteiger partial charge is 0.373 e. The summed E-state index contributed by atoms with van der Waals surface area (Å²) in [6.45, 7) is 8.38. The number of aromatic nitrogens is 2. The Hall–Kier alpha value is -2.48. The zero-order chi connectivity index (χ0) is 21.6. The van der Waals surface area contributed by atoms with E-state index in [4.69, 9.17) is 9.84 Å². The average Bonchev–Trinajstić information content (AvgIpc) is 3.41. The number of carbonyl (C=O) groups is 1. The van der Waals surface area contributed by atoms with Crippen molar-refractivity contribution in [3.8, 4) is 10.6 Å². The van der Waals surface area contributed by atoms with Gasteiger partial charge < -0.3 is 10.1 Å². The Morgan fingerprint density at radius 2 is 1.94 bits per heavy atom. The molecule has 3 heterocycles. The highest BCUT2D eigenvalue weighted by molar-refractivity contribution is 7.13. The summed E-state index contributed by atoms with van der Waals surface area (Å²) in [6, 6.07) is 14.2. The molecule has 0 saturated carbocycles. The number of carbonyl (C=O) groups excluding carboxylic acids is 1. The molecule has 1 fully saturated rings. The van der Waals surface area contributed by atoms with Gasteiger partial charge in [-0.15, -0.1) is 11.3 Å². The van der Waals surface area contributed by atoms with E-state index in [0.29, 0.717) is 18.7 Å². The number of hydrogen-bond donors (Lipinski definition) is 1. The molecule has 1 aliphatic rings. The van der Waals surface area contributed by atoms with Crippen molar-refractivity contribution in [2.75, 3.05) is 26.2 Å². The van der Waals surface area contributed by atoms with Crippen LogP contribution in [0.2, 0.25) is 0 Å². The molecule has 164 valence electrons. The third-order valence-electron chi connectivity index (χ3n) is 5.38. The number of nitrogens with one attached hydrogen (secondary N) is 1. The van der Waals surface area contributed by atoms with E-state index in [0.717, 1.165) is 42.2 Å². The van der Waals surface area contributed by atoms with Gasteiger partial charge in [0.05, 0.1) is 29.2 Å². The summed E-state index contributed by atoms with van der Waals surface area (Å²) in [5.41, 5.74) is 2.54. The highest BCUT2D eigenvalue weighted by Crippen LogP contribution is 2.27. The van der Waals surface area contributed by atoms with Gasteiger partial charge in [0.1, 0.15) is 5.69 Å². The summed E-state index contributed by atoms with van der Waals surface area (Å²) in [6.07, 6.45) is 3.31. The van der Waals surface area contributed by atoms with Gasteiger partial charge in [0, 0.05) is 32.4 Å². The SMILES string of the molecule is CC1CN(CCCNC(=O)c2cn(Cc3ccccc3)nc2-c2cccs2)CC(C)O1. The Morgan fingerprint density at radius 1 is 1.16 bits per heavy atom. The topological polar surface area (TPSA) is 59.4 Å². The van der Waals surface area contributed by atoms with Crippen LogP contribution in [-0.2, 0) is 11.3 Å². The molecule has 1 aromatic carbocycles. The van der Waals surface area contributed by atoms with E-state index in [-0.39, 0.29) is 18.1 Å². The first-order valence-electron chi connectivity index (χ1n) is 10.9. The van der Waals surface area contributed by atoms with Crippen LogP contribution >= 0.6 is 11.3 Å². The van der Waals surface area contributed by atoms with Crippen LogP contribution in [0.1, 0.15) is 36.2 Å². The van der Waals surface area contributed by atoms with Gasteiger partial charge in [-0.2, -0.15) is 5.10 Å². The Balaban J connectivity index is 1.38. The molecular weight excluding hydrogens is 408 g/mol. The average molecular weight is 439 g/mol. The Labute approximate surface area is 187 Å². The Morgan fingerprint density at radius 3 is 2.65 bits per heavy atom. The molecule has 3 aromatic rings. The molecule has 2 aromatic heterocycles. The molecule has 1 aliphatic heterocycles. The van der Waals surface area contributed by atoms with Crippen LogP contribution < -0.4 is 5.32 Å². The lowest BCUT2D eigenvalue weighted by Gasteiger charge is -2.35. The molecule has 7 heteroatoms. The van der Waals surface area contributed by atoms with Crippen molar-refractivity contribution in [2.45, 2.75) is 39.0 Å². The van der Waals surface area contributed by atoms with E-state index in [1.807, 2.05) is 46.6 Å². The van der Waals surface area contributed by atoms with Crippen LogP contribution in [0.3, 0.4) is 0 Å². The van der Waals surface area contributed by atoms with Crippen molar-refractivity contribution in [3.63, 3.8) is 0 Å². The minimum Gasteiger partial charge on any atom is -0.373 e. The highest BCUT2D eigenvalue weighted by atomic mass is 32.1. The van der Waals surface area contributed by atoms with Gasteiger partial charge in [-0.1, -0.05) is 36.4 Å². The molecule has 0 bridgehead atoms. The maximum Gasteiger partial charge on any atom is 0.255 e. The smallest absolute Gasteiger partial charge is 0.255 e. The minimum atomic E-state index is -0.0635. The fraction of sp³-hybridized carbons (Fsp3) is 0.417. The maximum absolute atomic E-state index is 13.0. The van der Waals surface area contributed by atoms with Crippen molar-refractivity contribution < 1.29 is 9.53 Å². The fourth-order valence-corrected chi connectivity index (χ4v) is 4.82. The zero-order valence-corrected chi connectivity index (χ0v) is 19.0. The van der Waals surface area contributed by atoms with E-state index in [1.54, 1.807) is 11.3 Å². The summed E-state index contributed by atoms with van der Waals surface area (Å²) in [7, 11) is 0. The van der Waals surface area contributed by atoms with Gasteiger partial charge in [0.25, 0.3) is 5.91 Å². The summed E-state index contributed by atoms with van der Waals surface area (Å²) < 4.78 is 7.65. The van der Waals surface area contributed by atoms with E-state index in [9.17, 15) is 4.79 Å². The third kappa shape index (κ3) is 5.81. The molecule has 0 radical (unpaired) electrons. The van der Waals surface area contributed by atoms with E-state index in [2.05, 4.69) is 36.2 Å². The quantitative estimate of drug-likeness (QED) is 0.542. The Kier molecular flexibility index (Phi) is 7.17. The van der Waals surface area contributed by atoms with Gasteiger partial charge in [0.15, 0.2) is 0 Å². The Bertz CT molecular complexity index is 961. The molecular formula is C24H30N4O2S. The number of thiophene rings is 1. The second kappa shape index (κ2) is 10.2. The van der Waals surface area contributed by atoms with Crippen LogP contribution in [0, 0.1) is 0 Å². The van der Waals surface area contributed by atoms with Gasteiger partial charge >= 0.3 is 0 Å². The maximum atomic E-state index is 13.0. The second-order valence-electron chi connectivity index (χ2n) is 8.18. The van der Waals surface area contributed by atoms with Crippen molar-refractivity contribution in [2.24, 2.45) is 0 Å². The molecule has 4 rings (SSSR count). The molecule has 1 amide bonds. The molecule has 0 aliphatic carbocycles. The normalized spacial score (nSPS) is 19.4. The number of benzene rings is 1. The summed E-state index contributed by atoms with van der Waals surface area (Å²) in [5, 5.41) is 9.84. The number of amides is 1. The van der Waals surface area contributed by atoms with Gasteiger partial charge in [-0.3, -0.25) is 14.4 Å². The molecule has 31 heavy (non-hydrogen) atoms. The van der Waals surface area contributed by atoms with E-state index >= 15 is 0 Å². The molecule has 6 nitrogen and oxygen atoms in total. The van der Waals surface area contributed by atoms with E-state index < -0.39 is 0 Å². The predicted molar refractivity (Wildman–Crippen MR) is 124 cm³/mol. The third-order valence-corrected chi connectivity index (χ3v) is 6.26. The number of nitrogens with zero attached hydrogens (tertiary/aromatic N) is 3. The number of ether oxygens (including phenoxy) is 1. The van der Waals surface area contributed by atoms with Crippen molar-refractivity contribution in [1.29, 1.82) is 0 Å². The van der Waals surface area contributed by atoms with Gasteiger partial charge in [0.2, 0.25) is 0 Å². The standard InChI is InChI=1S/C24H30N4O2S/c1-18-14-27(15-19(2)30-18)12-7-11-25-24(29)21-17-28(16-20-8-4-3-5-9-20)26-23(21)22-10-6-13-31-22/h3-6,8-10,13,17-19H,7,11-12,14-16H2,1-2H3,(H,25,29). The lowest BCUT2D eigenvalue weighted by atomic mass is 10.2. The van der Waals surface area contributed by atoms with Crippen LogP contribution in [0.15, 0.2) is 54.0 Å². The second-order valence-corrected chi connectivity index (χ2v) is 9.13. The van der Waals surface area contributed by atoms with Crippen LogP contribution in [0.25, 0.3) is 10.6 Å². The minimum absolute atomic E-state index is 0.0635. The molecule has 1 N–H and O–H groups in total. The van der Waals surface area contributed by atoms with Gasteiger partial charge in [-0.25, -0.2) is 0 Å².